The molecule has 0 heterocycles. The van der Waals surface area contributed by atoms with E-state index in [2.05, 4.69) is 10.9 Å². The van der Waals surface area contributed by atoms with E-state index in [4.69, 9.17) is 11.6 Å². The third-order valence-corrected chi connectivity index (χ3v) is 4.40. The lowest BCUT2D eigenvalue weighted by Gasteiger charge is -2.11. The van der Waals surface area contributed by atoms with Crippen LogP contribution in [0, 0.1) is 10.1 Å². The number of nitrogens with one attached hydrogen (secondary N) is 2. The van der Waals surface area contributed by atoms with E-state index >= 15 is 0 Å². The lowest BCUT2D eigenvalue weighted by Crippen LogP contribution is -2.42. The quantitative estimate of drug-likeness (QED) is 0.369. The number of carbonyl (C=O) groups is 3. The highest BCUT2D eigenvalue weighted by atomic mass is 35.5. The maximum atomic E-state index is 12.8. The van der Waals surface area contributed by atoms with E-state index in [1.54, 1.807) is 36.4 Å². The summed E-state index contributed by atoms with van der Waals surface area (Å²) in [5, 5.41) is 11.2. The molecule has 0 atom stereocenters. The van der Waals surface area contributed by atoms with Crippen molar-refractivity contribution in [2.75, 3.05) is 0 Å². The molecule has 0 saturated carbocycles. The highest BCUT2D eigenvalue weighted by Gasteiger charge is 2.19. The van der Waals surface area contributed by atoms with Crippen LogP contribution < -0.4 is 10.9 Å². The van der Waals surface area contributed by atoms with Gasteiger partial charge in [-0.3, -0.25) is 35.3 Å². The lowest BCUT2D eigenvalue weighted by atomic mass is 9.98. The number of hydrazine groups is 1. The molecule has 8 nitrogen and oxygen atoms in total. The smallest absolute Gasteiger partial charge is 0.270 e. The Morgan fingerprint density at radius 3 is 1.87 bits per heavy atom. The Balaban J connectivity index is 1.73. The van der Waals surface area contributed by atoms with E-state index in [-0.39, 0.29) is 28.2 Å². The van der Waals surface area contributed by atoms with Crippen LogP contribution in [0.1, 0.15) is 36.6 Å². The van der Waals surface area contributed by atoms with Crippen molar-refractivity contribution in [2.24, 2.45) is 0 Å². The fourth-order valence-electron chi connectivity index (χ4n) is 2.62. The number of non-ortho nitro benzene ring substituents is 1. The van der Waals surface area contributed by atoms with Gasteiger partial charge in [-0.15, -0.1) is 0 Å². The molecule has 0 fully saturated rings. The summed E-state index contributed by atoms with van der Waals surface area (Å²) in [6, 6.07) is 17.3. The predicted octanol–water partition coefficient (Wildman–Crippen LogP) is 3.55. The first-order valence-corrected chi connectivity index (χ1v) is 8.99. The molecule has 0 unspecified atom stereocenters. The Kier molecular flexibility index (Phi) is 6.19. The first-order chi connectivity index (χ1) is 14.4. The first-order valence-electron chi connectivity index (χ1n) is 8.61. The zero-order valence-electron chi connectivity index (χ0n) is 15.3. The van der Waals surface area contributed by atoms with Gasteiger partial charge in [0.2, 0.25) is 0 Å². The second-order valence-corrected chi connectivity index (χ2v) is 6.53. The molecule has 150 valence electrons. The van der Waals surface area contributed by atoms with E-state index < -0.39 is 16.7 Å². The minimum atomic E-state index is -0.692. The number of carbonyl (C=O) groups excluding carboxylic acids is 3. The Morgan fingerprint density at radius 2 is 1.27 bits per heavy atom. The number of benzene rings is 3. The fraction of sp³-hybridized carbons (Fsp3) is 0. The van der Waals surface area contributed by atoms with Gasteiger partial charge in [-0.05, 0) is 42.5 Å². The molecule has 0 spiro atoms. The van der Waals surface area contributed by atoms with Crippen LogP contribution in [0.25, 0.3) is 0 Å². The summed E-state index contributed by atoms with van der Waals surface area (Å²) in [6.45, 7) is 0. The molecule has 3 aromatic carbocycles. The average Bonchev–Trinajstić information content (AvgIpc) is 2.77. The van der Waals surface area contributed by atoms with Gasteiger partial charge in [-0.1, -0.05) is 29.8 Å². The highest BCUT2D eigenvalue weighted by molar-refractivity contribution is 6.30. The topological polar surface area (TPSA) is 118 Å². The number of amides is 2. The van der Waals surface area contributed by atoms with E-state index in [1.165, 1.54) is 36.4 Å². The first kappa shape index (κ1) is 20.7. The molecular weight excluding hydrogens is 410 g/mol. The van der Waals surface area contributed by atoms with Crippen molar-refractivity contribution in [3.63, 3.8) is 0 Å². The Hall–Kier alpha value is -4.04. The molecule has 3 rings (SSSR count). The number of nitro benzene ring substituents is 1. The van der Waals surface area contributed by atoms with Gasteiger partial charge < -0.3 is 0 Å². The molecule has 0 aliphatic heterocycles. The number of ketones is 1. The molecule has 2 N–H and O–H groups in total. The molecule has 0 bridgehead atoms. The second kappa shape index (κ2) is 8.97. The number of rotatable bonds is 5. The normalized spacial score (nSPS) is 10.2. The van der Waals surface area contributed by atoms with Crippen LogP contribution in [-0.4, -0.2) is 22.5 Å². The molecule has 3 aromatic rings. The summed E-state index contributed by atoms with van der Waals surface area (Å²) >= 11 is 5.84. The Bertz CT molecular complexity index is 1130. The van der Waals surface area contributed by atoms with E-state index in [9.17, 15) is 24.5 Å². The highest BCUT2D eigenvalue weighted by Crippen LogP contribution is 2.17. The van der Waals surface area contributed by atoms with Crippen molar-refractivity contribution in [1.82, 2.24) is 10.9 Å². The maximum absolute atomic E-state index is 12.8. The number of nitrogens with zero attached hydrogens (tertiary/aromatic N) is 1. The molecule has 2 amide bonds. The van der Waals surface area contributed by atoms with Gasteiger partial charge in [0.05, 0.1) is 10.5 Å². The molecule has 0 aliphatic carbocycles. The van der Waals surface area contributed by atoms with Crippen LogP contribution in [0.2, 0.25) is 5.02 Å². The summed E-state index contributed by atoms with van der Waals surface area (Å²) < 4.78 is 0. The second-order valence-electron chi connectivity index (χ2n) is 6.09. The van der Waals surface area contributed by atoms with Crippen molar-refractivity contribution in [2.45, 2.75) is 0 Å². The molecule has 30 heavy (non-hydrogen) atoms. The van der Waals surface area contributed by atoms with Crippen LogP contribution in [0.4, 0.5) is 5.69 Å². The maximum Gasteiger partial charge on any atom is 0.270 e. The Morgan fingerprint density at radius 1 is 0.733 bits per heavy atom. The van der Waals surface area contributed by atoms with E-state index in [1.807, 2.05) is 0 Å². The zero-order chi connectivity index (χ0) is 21.7. The predicted molar refractivity (Wildman–Crippen MR) is 109 cm³/mol. The van der Waals surface area contributed by atoms with Crippen LogP contribution in [0.15, 0.2) is 72.8 Å². The van der Waals surface area contributed by atoms with Crippen LogP contribution in [0.3, 0.4) is 0 Å². The number of hydrogen-bond donors (Lipinski definition) is 2. The summed E-state index contributed by atoms with van der Waals surface area (Å²) in [5.74, 6) is -1.73. The van der Waals surface area contributed by atoms with Crippen molar-refractivity contribution >= 4 is 34.9 Å². The van der Waals surface area contributed by atoms with Gasteiger partial charge in [-0.2, -0.15) is 0 Å². The summed E-state index contributed by atoms with van der Waals surface area (Å²) in [7, 11) is 0. The van der Waals surface area contributed by atoms with Crippen LogP contribution >= 0.6 is 11.6 Å². The average molecular weight is 424 g/mol. The van der Waals surface area contributed by atoms with Crippen LogP contribution in [-0.2, 0) is 0 Å². The molecule has 0 radical (unpaired) electrons. The minimum absolute atomic E-state index is 0.0708. The third-order valence-electron chi connectivity index (χ3n) is 4.15. The van der Waals surface area contributed by atoms with Crippen molar-refractivity contribution < 1.29 is 19.3 Å². The SMILES string of the molecule is O=C(NNC(=O)c1ccccc1C(=O)c1ccc(Cl)cc1)c1ccc([N+](=O)[O-])cc1. The fourth-order valence-corrected chi connectivity index (χ4v) is 2.75. The van der Waals surface area contributed by atoms with Gasteiger partial charge in [-0.25, -0.2) is 0 Å². The van der Waals surface area contributed by atoms with Gasteiger partial charge >= 0.3 is 0 Å². The van der Waals surface area contributed by atoms with Crippen LogP contribution in [0.5, 0.6) is 0 Å². The molecule has 0 aliphatic rings. The molecule has 0 aromatic heterocycles. The summed E-state index contributed by atoms with van der Waals surface area (Å²) in [6.07, 6.45) is 0. The van der Waals surface area contributed by atoms with Gasteiger partial charge in [0, 0.05) is 33.8 Å². The van der Waals surface area contributed by atoms with E-state index in [0.29, 0.717) is 10.6 Å². The molecular formula is C21H14ClN3O5. The number of hydrogen-bond acceptors (Lipinski definition) is 5. The van der Waals surface area contributed by atoms with Gasteiger partial charge in [0.25, 0.3) is 17.5 Å². The van der Waals surface area contributed by atoms with Crippen molar-refractivity contribution in [1.29, 1.82) is 0 Å². The largest absolute Gasteiger partial charge is 0.289 e. The van der Waals surface area contributed by atoms with E-state index in [0.717, 1.165) is 0 Å². The summed E-state index contributed by atoms with van der Waals surface area (Å²) in [4.78, 5) is 47.6. The van der Waals surface area contributed by atoms with Gasteiger partial charge in [0.15, 0.2) is 5.78 Å². The van der Waals surface area contributed by atoms with Crippen molar-refractivity contribution in [3.8, 4) is 0 Å². The molecule has 0 saturated heterocycles. The standard InChI is InChI=1S/C21H14ClN3O5/c22-15-9-5-13(6-10-15)19(26)17-3-1-2-4-18(17)21(28)24-23-20(27)14-7-11-16(12-8-14)25(29)30/h1-12H,(H,23,27)(H,24,28). The molecule has 9 heteroatoms. The number of halogens is 1. The van der Waals surface area contributed by atoms with Gasteiger partial charge in [0.1, 0.15) is 0 Å². The lowest BCUT2D eigenvalue weighted by molar-refractivity contribution is -0.384. The Labute approximate surface area is 175 Å². The number of nitro groups is 1. The zero-order valence-corrected chi connectivity index (χ0v) is 16.1. The third kappa shape index (κ3) is 4.68. The minimum Gasteiger partial charge on any atom is -0.289 e. The monoisotopic (exact) mass is 423 g/mol. The summed E-state index contributed by atoms with van der Waals surface area (Å²) in [5.41, 5.74) is 5.00. The van der Waals surface area contributed by atoms with Crippen molar-refractivity contribution in [3.05, 3.63) is 110 Å².